The first-order chi connectivity index (χ1) is 9.74. The standard InChI is InChI=1S/C15H22N2O3.ClH/c1-19-12-7-6-11(14(9-12)20-2)10-17-15(18)13-5-3-4-8-16-13;/h6-7,9,13,16H,3-5,8,10H2,1-2H3,(H,17,18);1H/t13-;/m0./s1. The van der Waals surface area contributed by atoms with Crippen LogP contribution in [0.5, 0.6) is 11.5 Å². The van der Waals surface area contributed by atoms with Gasteiger partial charge in [-0.25, -0.2) is 0 Å². The molecule has 5 nitrogen and oxygen atoms in total. The third-order valence-electron chi connectivity index (χ3n) is 3.57. The van der Waals surface area contributed by atoms with Gasteiger partial charge in [-0.2, -0.15) is 0 Å². The van der Waals surface area contributed by atoms with Gasteiger partial charge in [-0.15, -0.1) is 12.4 Å². The molecule has 0 bridgehead atoms. The van der Waals surface area contributed by atoms with Crippen molar-refractivity contribution in [2.75, 3.05) is 20.8 Å². The van der Waals surface area contributed by atoms with Crippen LogP contribution in [0.1, 0.15) is 24.8 Å². The molecular weight excluding hydrogens is 292 g/mol. The Bertz CT molecular complexity index is 462. The Morgan fingerprint density at radius 1 is 1.33 bits per heavy atom. The minimum absolute atomic E-state index is 0. The number of piperidine rings is 1. The van der Waals surface area contributed by atoms with Gasteiger partial charge in [0.05, 0.1) is 20.3 Å². The molecule has 21 heavy (non-hydrogen) atoms. The van der Waals surface area contributed by atoms with Crippen molar-refractivity contribution in [1.82, 2.24) is 10.6 Å². The minimum atomic E-state index is -0.0620. The quantitative estimate of drug-likeness (QED) is 0.871. The summed E-state index contributed by atoms with van der Waals surface area (Å²) in [5.41, 5.74) is 0.942. The zero-order valence-electron chi connectivity index (χ0n) is 12.5. The lowest BCUT2D eigenvalue weighted by Crippen LogP contribution is -2.46. The molecule has 0 radical (unpaired) electrons. The van der Waals surface area contributed by atoms with Crippen LogP contribution in [0.15, 0.2) is 18.2 Å². The number of halogens is 1. The number of carbonyl (C=O) groups is 1. The molecule has 118 valence electrons. The second kappa shape index (κ2) is 8.74. The summed E-state index contributed by atoms with van der Waals surface area (Å²) in [6.07, 6.45) is 3.17. The van der Waals surface area contributed by atoms with Gasteiger partial charge in [0.1, 0.15) is 11.5 Å². The van der Waals surface area contributed by atoms with Crippen LogP contribution >= 0.6 is 12.4 Å². The maximum Gasteiger partial charge on any atom is 0.237 e. The van der Waals surface area contributed by atoms with E-state index in [1.54, 1.807) is 14.2 Å². The highest BCUT2D eigenvalue weighted by Gasteiger charge is 2.20. The number of amides is 1. The van der Waals surface area contributed by atoms with Crippen molar-refractivity contribution in [3.8, 4) is 11.5 Å². The second-order valence-electron chi connectivity index (χ2n) is 4.90. The van der Waals surface area contributed by atoms with Crippen LogP contribution in [-0.2, 0) is 11.3 Å². The Labute approximate surface area is 131 Å². The van der Waals surface area contributed by atoms with Gasteiger partial charge >= 0.3 is 0 Å². The smallest absolute Gasteiger partial charge is 0.237 e. The van der Waals surface area contributed by atoms with Gasteiger partial charge in [0.25, 0.3) is 0 Å². The van der Waals surface area contributed by atoms with Crippen molar-refractivity contribution < 1.29 is 14.3 Å². The van der Waals surface area contributed by atoms with Crippen molar-refractivity contribution in [1.29, 1.82) is 0 Å². The van der Waals surface area contributed by atoms with Crippen molar-refractivity contribution in [3.05, 3.63) is 23.8 Å². The van der Waals surface area contributed by atoms with E-state index in [0.717, 1.165) is 42.9 Å². The molecule has 2 rings (SSSR count). The Kier molecular flexibility index (Phi) is 7.32. The Hall–Kier alpha value is -1.46. The fourth-order valence-corrected chi connectivity index (χ4v) is 2.38. The van der Waals surface area contributed by atoms with Crippen LogP contribution in [0.3, 0.4) is 0 Å². The average Bonchev–Trinajstić information content (AvgIpc) is 2.53. The zero-order valence-corrected chi connectivity index (χ0v) is 13.3. The number of methoxy groups -OCH3 is 2. The molecule has 1 aliphatic rings. The zero-order chi connectivity index (χ0) is 14.4. The van der Waals surface area contributed by atoms with Crippen LogP contribution in [-0.4, -0.2) is 32.7 Å². The van der Waals surface area contributed by atoms with Crippen molar-refractivity contribution in [3.63, 3.8) is 0 Å². The molecule has 1 aliphatic heterocycles. The van der Waals surface area contributed by atoms with E-state index in [1.807, 2.05) is 18.2 Å². The van der Waals surface area contributed by atoms with Gasteiger partial charge in [0, 0.05) is 18.2 Å². The van der Waals surface area contributed by atoms with E-state index in [1.165, 1.54) is 0 Å². The van der Waals surface area contributed by atoms with Crippen LogP contribution in [0.2, 0.25) is 0 Å². The third kappa shape index (κ3) is 4.79. The summed E-state index contributed by atoms with van der Waals surface area (Å²) in [6, 6.07) is 5.53. The van der Waals surface area contributed by atoms with Gasteiger partial charge in [-0.1, -0.05) is 6.42 Å². The Morgan fingerprint density at radius 2 is 2.14 bits per heavy atom. The molecule has 1 fully saturated rings. The molecule has 1 amide bonds. The summed E-state index contributed by atoms with van der Waals surface area (Å²) < 4.78 is 10.5. The number of rotatable bonds is 5. The molecule has 6 heteroatoms. The highest BCUT2D eigenvalue weighted by atomic mass is 35.5. The summed E-state index contributed by atoms with van der Waals surface area (Å²) in [5, 5.41) is 6.20. The SMILES string of the molecule is COc1ccc(CNC(=O)[C@@H]2CCCCN2)c(OC)c1.Cl. The number of hydrogen-bond acceptors (Lipinski definition) is 4. The molecule has 1 heterocycles. The average molecular weight is 315 g/mol. The van der Waals surface area contributed by atoms with Crippen molar-refractivity contribution in [2.45, 2.75) is 31.8 Å². The summed E-state index contributed by atoms with van der Waals surface area (Å²) in [7, 11) is 3.23. The minimum Gasteiger partial charge on any atom is -0.497 e. The van der Waals surface area contributed by atoms with Crippen LogP contribution in [0.25, 0.3) is 0 Å². The molecule has 1 saturated heterocycles. The summed E-state index contributed by atoms with van der Waals surface area (Å²) in [5.74, 6) is 1.52. The lowest BCUT2D eigenvalue weighted by Gasteiger charge is -2.22. The maximum absolute atomic E-state index is 12.1. The van der Waals surface area contributed by atoms with E-state index in [4.69, 9.17) is 9.47 Å². The molecule has 2 N–H and O–H groups in total. The largest absolute Gasteiger partial charge is 0.497 e. The molecule has 1 aromatic carbocycles. The first kappa shape index (κ1) is 17.6. The number of ether oxygens (including phenoxy) is 2. The molecule has 0 unspecified atom stereocenters. The van der Waals surface area contributed by atoms with Crippen molar-refractivity contribution >= 4 is 18.3 Å². The van der Waals surface area contributed by atoms with E-state index in [-0.39, 0.29) is 24.4 Å². The number of benzene rings is 1. The van der Waals surface area contributed by atoms with Gasteiger partial charge in [0.2, 0.25) is 5.91 Å². The second-order valence-corrected chi connectivity index (χ2v) is 4.90. The summed E-state index contributed by atoms with van der Waals surface area (Å²) in [4.78, 5) is 12.1. The molecule has 1 aromatic rings. The van der Waals surface area contributed by atoms with E-state index in [2.05, 4.69) is 10.6 Å². The molecule has 1 atom stereocenters. The summed E-state index contributed by atoms with van der Waals surface area (Å²) >= 11 is 0. The van der Waals surface area contributed by atoms with E-state index < -0.39 is 0 Å². The predicted molar refractivity (Wildman–Crippen MR) is 84.3 cm³/mol. The van der Waals surface area contributed by atoms with E-state index >= 15 is 0 Å². The van der Waals surface area contributed by atoms with Gasteiger partial charge in [-0.05, 0) is 31.5 Å². The maximum atomic E-state index is 12.1. The van der Waals surface area contributed by atoms with Crippen molar-refractivity contribution in [2.24, 2.45) is 0 Å². The fraction of sp³-hybridized carbons (Fsp3) is 0.533. The molecule has 0 aromatic heterocycles. The van der Waals surface area contributed by atoms with Gasteiger partial charge < -0.3 is 20.1 Å². The van der Waals surface area contributed by atoms with E-state index in [9.17, 15) is 4.79 Å². The first-order valence-electron chi connectivity index (χ1n) is 6.96. The summed E-state index contributed by atoms with van der Waals surface area (Å²) in [6.45, 7) is 1.38. The monoisotopic (exact) mass is 314 g/mol. The highest BCUT2D eigenvalue weighted by molar-refractivity contribution is 5.85. The number of nitrogens with one attached hydrogen (secondary N) is 2. The van der Waals surface area contributed by atoms with Gasteiger partial charge in [-0.3, -0.25) is 4.79 Å². The number of hydrogen-bond donors (Lipinski definition) is 2. The van der Waals surface area contributed by atoms with Crippen LogP contribution in [0, 0.1) is 0 Å². The lowest BCUT2D eigenvalue weighted by atomic mass is 10.0. The van der Waals surface area contributed by atoms with Gasteiger partial charge in [0.15, 0.2) is 0 Å². The highest BCUT2D eigenvalue weighted by Crippen LogP contribution is 2.24. The first-order valence-corrected chi connectivity index (χ1v) is 6.96. The molecule has 0 spiro atoms. The predicted octanol–water partition coefficient (Wildman–Crippen LogP) is 1.88. The number of carbonyl (C=O) groups excluding carboxylic acids is 1. The topological polar surface area (TPSA) is 59.6 Å². The molecule has 0 aliphatic carbocycles. The normalized spacial score (nSPS) is 17.5. The Morgan fingerprint density at radius 3 is 2.76 bits per heavy atom. The molecule has 0 saturated carbocycles. The van der Waals surface area contributed by atoms with E-state index in [0.29, 0.717) is 6.54 Å². The third-order valence-corrected chi connectivity index (χ3v) is 3.57. The van der Waals surface area contributed by atoms with Crippen LogP contribution < -0.4 is 20.1 Å². The molecular formula is C15H23ClN2O3. The fourth-order valence-electron chi connectivity index (χ4n) is 2.38. The lowest BCUT2D eigenvalue weighted by molar-refractivity contribution is -0.123. The Balaban J connectivity index is 0.00000220. The van der Waals surface area contributed by atoms with Crippen LogP contribution in [0.4, 0.5) is 0 Å².